The van der Waals surface area contributed by atoms with Gasteiger partial charge < -0.3 is 34.9 Å². The highest BCUT2D eigenvalue weighted by molar-refractivity contribution is 5.88. The van der Waals surface area contributed by atoms with Crippen LogP contribution in [0.2, 0.25) is 0 Å². The molecule has 4 N–H and O–H groups in total. The molecule has 4 atom stereocenters. The maximum atomic E-state index is 14.0. The average molecular weight is 821 g/mol. The lowest BCUT2D eigenvalue weighted by Gasteiger charge is -2.32. The number of amides is 4. The van der Waals surface area contributed by atoms with Gasteiger partial charge in [0.05, 0.1) is 30.6 Å². The number of aromatic amines is 2. The molecule has 8 rings (SSSR count). The molecule has 0 bridgehead atoms. The van der Waals surface area contributed by atoms with Crippen molar-refractivity contribution in [3.05, 3.63) is 144 Å². The van der Waals surface area contributed by atoms with Crippen molar-refractivity contribution in [2.75, 3.05) is 27.2 Å². The van der Waals surface area contributed by atoms with Crippen molar-refractivity contribution in [2.24, 2.45) is 0 Å². The number of alkyl carbamates (subject to hydrolysis) is 1. The summed E-state index contributed by atoms with van der Waals surface area (Å²) in [6.45, 7) is 3.03. The Balaban J connectivity index is 0.948. The van der Waals surface area contributed by atoms with Crippen molar-refractivity contribution in [2.45, 2.75) is 56.8 Å². The summed E-state index contributed by atoms with van der Waals surface area (Å²) in [6, 6.07) is 32.1. The first kappa shape index (κ1) is 40.6. The highest BCUT2D eigenvalue weighted by Crippen LogP contribution is 2.38. The van der Waals surface area contributed by atoms with Gasteiger partial charge in [0.2, 0.25) is 0 Å². The Bertz CT molecular complexity index is 2500. The number of benzene rings is 4. The largest absolute Gasteiger partial charge is 0.465 e. The van der Waals surface area contributed by atoms with Crippen LogP contribution in [0.5, 0.6) is 0 Å². The highest BCUT2D eigenvalue weighted by atomic mass is 16.5. The predicted octanol–water partition coefficient (Wildman–Crippen LogP) is 8.22. The minimum Gasteiger partial charge on any atom is -0.465 e. The number of aryl methyl sites for hydroxylation is 1. The van der Waals surface area contributed by atoms with Crippen LogP contribution in [0, 0.1) is 6.92 Å². The number of imidazole rings is 2. The Morgan fingerprint density at radius 3 is 1.87 bits per heavy atom. The van der Waals surface area contributed by atoms with Crippen molar-refractivity contribution in [3.63, 3.8) is 0 Å². The molecular formula is C47H48N8O6. The molecule has 0 aliphatic carbocycles. The monoisotopic (exact) mass is 820 g/mol. The van der Waals surface area contributed by atoms with E-state index in [1.807, 2.05) is 73.8 Å². The fourth-order valence-corrected chi connectivity index (χ4v) is 8.57. The van der Waals surface area contributed by atoms with Crippen LogP contribution >= 0.6 is 0 Å². The minimum atomic E-state index is -1.17. The summed E-state index contributed by atoms with van der Waals surface area (Å²) in [6.07, 6.45) is 3.07. The zero-order valence-corrected chi connectivity index (χ0v) is 34.2. The van der Waals surface area contributed by atoms with E-state index in [-0.39, 0.29) is 23.9 Å². The highest BCUT2D eigenvalue weighted by Gasteiger charge is 2.40. The van der Waals surface area contributed by atoms with Gasteiger partial charge in [-0.15, -0.1) is 0 Å². The van der Waals surface area contributed by atoms with Crippen molar-refractivity contribution >= 4 is 24.0 Å². The zero-order valence-electron chi connectivity index (χ0n) is 34.2. The van der Waals surface area contributed by atoms with Gasteiger partial charge in [-0.2, -0.15) is 0 Å². The molecule has 4 amide bonds. The SMILES string of the molecule is COC(=O)N[C@@H](C(=O)N1CCC[C@H]1c1nc(-c2ccc(-c3ccc(-c4nc([C@@H]5CCCN5C(=O)[C@@H](c5ccccc5)N(C)C(=O)O)[nH]c4C)cc3)cc2)c[nH]1)c1ccccc1. The van der Waals surface area contributed by atoms with Gasteiger partial charge in [0, 0.05) is 43.2 Å². The average Bonchev–Trinajstić information content (AvgIpc) is 4.13. The molecule has 61 heavy (non-hydrogen) atoms. The van der Waals surface area contributed by atoms with E-state index in [9.17, 15) is 24.3 Å². The summed E-state index contributed by atoms with van der Waals surface area (Å²) in [5, 5.41) is 12.5. The van der Waals surface area contributed by atoms with Crippen molar-refractivity contribution in [1.29, 1.82) is 0 Å². The van der Waals surface area contributed by atoms with Crippen LogP contribution in [0.1, 0.15) is 78.3 Å². The van der Waals surface area contributed by atoms with Gasteiger partial charge in [0.15, 0.2) is 0 Å². The lowest BCUT2D eigenvalue weighted by molar-refractivity contribution is -0.137. The quantitative estimate of drug-likeness (QED) is 0.101. The summed E-state index contributed by atoms with van der Waals surface area (Å²) < 4.78 is 4.83. The van der Waals surface area contributed by atoms with Crippen LogP contribution in [-0.2, 0) is 14.3 Å². The number of H-pyrrole nitrogens is 2. The number of carbonyl (C=O) groups excluding carboxylic acids is 3. The normalized spacial score (nSPS) is 17.2. The van der Waals surface area contributed by atoms with Gasteiger partial charge in [-0.25, -0.2) is 19.6 Å². The van der Waals surface area contributed by atoms with Crippen molar-refractivity contribution in [1.82, 2.24) is 40.0 Å². The van der Waals surface area contributed by atoms with Gasteiger partial charge in [0.1, 0.15) is 23.7 Å². The third-order valence-corrected chi connectivity index (χ3v) is 11.7. The number of aromatic nitrogens is 4. The topological polar surface area (TPSA) is 177 Å². The molecule has 312 valence electrons. The second kappa shape index (κ2) is 17.6. The lowest BCUT2D eigenvalue weighted by atomic mass is 10.0. The van der Waals surface area contributed by atoms with Gasteiger partial charge in [0.25, 0.3) is 11.8 Å². The molecule has 4 heterocycles. The van der Waals surface area contributed by atoms with E-state index < -0.39 is 24.3 Å². The fourth-order valence-electron chi connectivity index (χ4n) is 8.57. The molecule has 0 radical (unpaired) electrons. The van der Waals surface area contributed by atoms with E-state index in [1.54, 1.807) is 34.1 Å². The van der Waals surface area contributed by atoms with Crippen molar-refractivity contribution < 1.29 is 29.0 Å². The molecule has 2 aliphatic rings. The third-order valence-electron chi connectivity index (χ3n) is 11.7. The van der Waals surface area contributed by atoms with Crippen LogP contribution in [0.4, 0.5) is 9.59 Å². The number of carbonyl (C=O) groups is 4. The number of rotatable bonds is 11. The van der Waals surface area contributed by atoms with Crippen LogP contribution in [0.3, 0.4) is 0 Å². The van der Waals surface area contributed by atoms with Crippen LogP contribution in [0.15, 0.2) is 115 Å². The van der Waals surface area contributed by atoms with Crippen molar-refractivity contribution in [3.8, 4) is 33.6 Å². The first-order chi connectivity index (χ1) is 29.6. The molecule has 0 saturated carbocycles. The summed E-state index contributed by atoms with van der Waals surface area (Å²) in [5.74, 6) is 0.885. The maximum Gasteiger partial charge on any atom is 0.407 e. The molecule has 0 unspecified atom stereocenters. The number of likely N-dealkylation sites (N-methyl/N-ethyl adjacent to an activating group) is 1. The summed E-state index contributed by atoms with van der Waals surface area (Å²) in [7, 11) is 2.71. The number of likely N-dealkylation sites (tertiary alicyclic amines) is 2. The number of nitrogens with zero attached hydrogens (tertiary/aromatic N) is 5. The first-order valence-corrected chi connectivity index (χ1v) is 20.5. The molecule has 2 aromatic heterocycles. The van der Waals surface area contributed by atoms with Crippen LogP contribution in [-0.4, -0.2) is 91.0 Å². The number of carboxylic acid groups (broad SMARTS) is 1. The van der Waals surface area contributed by atoms with E-state index in [1.165, 1.54) is 14.2 Å². The minimum absolute atomic E-state index is 0.220. The smallest absolute Gasteiger partial charge is 0.407 e. The third kappa shape index (κ3) is 8.34. The van der Waals surface area contributed by atoms with E-state index in [2.05, 4.69) is 39.6 Å². The standard InChI is InChI=1S/C47H48N8O6/c1-29-39(51-43(49-29)38-17-11-27-55(38)45(57)41(53(2)47(59)60)35-14-8-5-9-15-35)34-24-20-31(21-25-34)30-18-22-32(23-19-30)36-28-48-42(50-36)37-16-10-26-54(37)44(56)40(52-46(58)61-3)33-12-6-4-7-13-33/h4-9,12-15,18-25,28,37-38,40-41H,10-11,16-17,26-27H2,1-3H3,(H,48,50)(H,49,51)(H,52,58)(H,59,60)/t37-,38-,40+,41+/m0/s1. The number of hydrogen-bond donors (Lipinski definition) is 4. The molecule has 4 aromatic carbocycles. The molecule has 2 saturated heterocycles. The van der Waals surface area contributed by atoms with Gasteiger partial charge in [-0.3, -0.25) is 14.5 Å². The Morgan fingerprint density at radius 2 is 1.28 bits per heavy atom. The van der Waals surface area contributed by atoms with E-state index >= 15 is 0 Å². The Labute approximate surface area is 353 Å². The van der Waals surface area contributed by atoms with E-state index in [0.717, 1.165) is 69.9 Å². The maximum absolute atomic E-state index is 14.0. The van der Waals surface area contributed by atoms with Gasteiger partial charge in [-0.1, -0.05) is 109 Å². The predicted molar refractivity (Wildman–Crippen MR) is 229 cm³/mol. The van der Waals surface area contributed by atoms with Gasteiger partial charge >= 0.3 is 12.2 Å². The molecule has 14 heteroatoms. The van der Waals surface area contributed by atoms with E-state index in [4.69, 9.17) is 14.7 Å². The molecular weight excluding hydrogens is 773 g/mol. The second-order valence-corrected chi connectivity index (χ2v) is 15.5. The fraction of sp³-hybridized carbons (Fsp3) is 0.277. The summed E-state index contributed by atoms with van der Waals surface area (Å²) in [5.41, 5.74) is 7.66. The second-order valence-electron chi connectivity index (χ2n) is 15.5. The Morgan fingerprint density at radius 1 is 0.738 bits per heavy atom. The summed E-state index contributed by atoms with van der Waals surface area (Å²) in [4.78, 5) is 73.5. The molecule has 2 aliphatic heterocycles. The molecule has 6 aromatic rings. The summed E-state index contributed by atoms with van der Waals surface area (Å²) >= 11 is 0. The number of methoxy groups -OCH3 is 1. The molecule has 2 fully saturated rings. The number of nitrogens with one attached hydrogen (secondary N) is 3. The first-order valence-electron chi connectivity index (χ1n) is 20.5. The lowest BCUT2D eigenvalue weighted by Crippen LogP contribution is -2.43. The Kier molecular flexibility index (Phi) is 11.7. The number of hydrogen-bond acceptors (Lipinski definition) is 7. The van der Waals surface area contributed by atoms with Gasteiger partial charge in [-0.05, 0) is 54.9 Å². The molecule has 14 nitrogen and oxygen atoms in total. The Hall–Kier alpha value is -7.22. The molecule has 0 spiro atoms. The zero-order chi connectivity index (χ0) is 42.6. The van der Waals surface area contributed by atoms with E-state index in [0.29, 0.717) is 35.9 Å². The van der Waals surface area contributed by atoms with Crippen LogP contribution < -0.4 is 5.32 Å². The van der Waals surface area contributed by atoms with Crippen LogP contribution in [0.25, 0.3) is 33.6 Å². The number of ether oxygens (including phenoxy) is 1.